The Balaban J connectivity index is 0.000000448. The number of hydrogen-bond acceptors (Lipinski definition) is 9. The third-order valence-corrected chi connectivity index (χ3v) is 5.74. The first-order chi connectivity index (χ1) is 18.6. The smallest absolute Gasteiger partial charge is 0.475 e. The van der Waals surface area contributed by atoms with Crippen LogP contribution in [0.4, 0.5) is 30.5 Å². The molecule has 0 atom stereocenters. The van der Waals surface area contributed by atoms with Crippen LogP contribution in [0.1, 0.15) is 18.7 Å². The van der Waals surface area contributed by atoms with Gasteiger partial charge in [0.05, 0.1) is 29.4 Å². The monoisotopic (exact) mass is 542 g/mol. The number of piperidine rings is 1. The highest BCUT2D eigenvalue weighted by Gasteiger charge is 2.38. The Morgan fingerprint density at radius 2 is 1.74 bits per heavy atom. The average Bonchev–Trinajstić information content (AvgIpc) is 3.36. The molecule has 3 N–H and O–H groups in total. The highest BCUT2D eigenvalue weighted by molar-refractivity contribution is 5.73. The quantitative estimate of drug-likeness (QED) is 0.341. The summed E-state index contributed by atoms with van der Waals surface area (Å²) in [6, 6.07) is 11.8. The molecule has 1 saturated heterocycles. The number of aliphatic carboxylic acids is 1. The minimum Gasteiger partial charge on any atom is -0.475 e. The lowest BCUT2D eigenvalue weighted by molar-refractivity contribution is -0.192. The molecule has 0 saturated carbocycles. The Hall–Kier alpha value is -4.59. The summed E-state index contributed by atoms with van der Waals surface area (Å²) in [5.41, 5.74) is 4.57. The predicted octanol–water partition coefficient (Wildman–Crippen LogP) is 3.77. The van der Waals surface area contributed by atoms with Crippen molar-refractivity contribution in [1.29, 1.82) is 0 Å². The van der Waals surface area contributed by atoms with Crippen LogP contribution in [-0.2, 0) is 4.79 Å². The summed E-state index contributed by atoms with van der Waals surface area (Å²) in [5, 5.41) is 24.5. The topological polar surface area (TPSA) is 142 Å². The maximum absolute atomic E-state index is 10.6. The largest absolute Gasteiger partial charge is 0.490 e. The van der Waals surface area contributed by atoms with Gasteiger partial charge >= 0.3 is 12.1 Å². The van der Waals surface area contributed by atoms with E-state index >= 15 is 0 Å². The number of anilines is 3. The van der Waals surface area contributed by atoms with Crippen LogP contribution in [0.15, 0.2) is 61.3 Å². The van der Waals surface area contributed by atoms with E-state index < -0.39 is 12.1 Å². The van der Waals surface area contributed by atoms with Gasteiger partial charge in [0.2, 0.25) is 5.95 Å². The van der Waals surface area contributed by atoms with Gasteiger partial charge in [-0.15, -0.1) is 0 Å². The van der Waals surface area contributed by atoms with Crippen LogP contribution in [-0.4, -0.2) is 71.3 Å². The van der Waals surface area contributed by atoms with Crippen LogP contribution >= 0.6 is 0 Å². The Bertz CT molecular complexity index is 1400. The van der Waals surface area contributed by atoms with Crippen LogP contribution in [0.3, 0.4) is 0 Å². The number of pyridine rings is 1. The molecule has 0 bridgehead atoms. The van der Waals surface area contributed by atoms with Crippen molar-refractivity contribution in [3.63, 3.8) is 0 Å². The van der Waals surface area contributed by atoms with Gasteiger partial charge in [0.15, 0.2) is 0 Å². The lowest BCUT2D eigenvalue weighted by Gasteiger charge is -2.31. The summed E-state index contributed by atoms with van der Waals surface area (Å²) in [4.78, 5) is 28.7. The fourth-order valence-corrected chi connectivity index (χ4v) is 3.74. The van der Waals surface area contributed by atoms with Gasteiger partial charge in [-0.3, -0.25) is 4.98 Å². The molecule has 0 unspecified atom stereocenters. The third kappa shape index (κ3) is 7.47. The number of carbonyl (C=O) groups is 1. The number of carboxylic acid groups (broad SMARTS) is 1. The molecular formula is C25H25F3N8O3. The molecule has 1 aromatic carbocycles. The number of aryl methyl sites for hydroxylation is 1. The molecule has 0 radical (unpaired) electrons. The number of hydrogen-bond donors (Lipinski definition) is 3. The van der Waals surface area contributed by atoms with Crippen molar-refractivity contribution >= 4 is 23.3 Å². The second kappa shape index (κ2) is 11.9. The Kier molecular flexibility index (Phi) is 8.34. The summed E-state index contributed by atoms with van der Waals surface area (Å²) < 4.78 is 33.5. The van der Waals surface area contributed by atoms with Crippen LogP contribution < -0.4 is 10.2 Å². The van der Waals surface area contributed by atoms with Crippen molar-refractivity contribution in [2.24, 2.45) is 0 Å². The minimum absolute atomic E-state index is 0.202. The second-order valence-electron chi connectivity index (χ2n) is 8.63. The van der Waals surface area contributed by atoms with E-state index in [1.807, 2.05) is 49.6 Å². The number of rotatable bonds is 5. The fourth-order valence-electron chi connectivity index (χ4n) is 3.74. The molecule has 204 valence electrons. The molecule has 0 spiro atoms. The van der Waals surface area contributed by atoms with E-state index in [9.17, 15) is 18.3 Å². The molecule has 0 amide bonds. The lowest BCUT2D eigenvalue weighted by atomic mass is 10.1. The first-order valence-electron chi connectivity index (χ1n) is 11.9. The highest BCUT2D eigenvalue weighted by Crippen LogP contribution is 2.25. The van der Waals surface area contributed by atoms with E-state index in [0.717, 1.165) is 60.1 Å². The van der Waals surface area contributed by atoms with Gasteiger partial charge in [0.25, 0.3) is 0 Å². The molecule has 11 nitrogen and oxygen atoms in total. The van der Waals surface area contributed by atoms with Crippen molar-refractivity contribution in [3.8, 4) is 16.9 Å². The zero-order valence-corrected chi connectivity index (χ0v) is 20.7. The molecule has 1 aliphatic heterocycles. The maximum Gasteiger partial charge on any atom is 0.490 e. The molecule has 39 heavy (non-hydrogen) atoms. The fraction of sp³-hybridized carbons (Fsp3) is 0.280. The lowest BCUT2D eigenvalue weighted by Crippen LogP contribution is -2.35. The zero-order valence-electron chi connectivity index (χ0n) is 20.7. The summed E-state index contributed by atoms with van der Waals surface area (Å²) in [5.74, 6) is -1.51. The van der Waals surface area contributed by atoms with Gasteiger partial charge in [-0.05, 0) is 56.2 Å². The Morgan fingerprint density at radius 3 is 2.36 bits per heavy atom. The zero-order chi connectivity index (χ0) is 28.0. The predicted molar refractivity (Wildman–Crippen MR) is 136 cm³/mol. The molecule has 14 heteroatoms. The normalized spacial score (nSPS) is 13.9. The number of nitrogens with zero attached hydrogens (tertiary/aromatic N) is 7. The molecule has 0 aliphatic carbocycles. The molecule has 1 fully saturated rings. The average molecular weight is 543 g/mol. The molecule has 4 aromatic rings. The van der Waals surface area contributed by atoms with Gasteiger partial charge < -0.3 is 20.4 Å². The maximum atomic E-state index is 10.6. The summed E-state index contributed by atoms with van der Waals surface area (Å²) >= 11 is 0. The van der Waals surface area contributed by atoms with Crippen LogP contribution in [0.2, 0.25) is 0 Å². The first-order valence-corrected chi connectivity index (χ1v) is 11.9. The Labute approximate surface area is 221 Å². The molecular weight excluding hydrogens is 517 g/mol. The molecule has 3 aromatic heterocycles. The van der Waals surface area contributed by atoms with E-state index in [1.54, 1.807) is 17.2 Å². The van der Waals surface area contributed by atoms with Crippen LogP contribution in [0, 0.1) is 6.92 Å². The number of aromatic nitrogens is 6. The van der Waals surface area contributed by atoms with E-state index in [2.05, 4.69) is 41.3 Å². The summed E-state index contributed by atoms with van der Waals surface area (Å²) in [6.45, 7) is 3.51. The number of aliphatic hydroxyl groups is 1. The van der Waals surface area contributed by atoms with E-state index in [0.29, 0.717) is 5.95 Å². The molecule has 5 rings (SSSR count). The summed E-state index contributed by atoms with van der Waals surface area (Å²) in [7, 11) is 0. The van der Waals surface area contributed by atoms with Gasteiger partial charge in [0, 0.05) is 36.7 Å². The van der Waals surface area contributed by atoms with E-state index in [1.165, 1.54) is 0 Å². The molecule has 4 heterocycles. The van der Waals surface area contributed by atoms with Gasteiger partial charge in [0.1, 0.15) is 12.2 Å². The number of aliphatic hydroxyl groups excluding tert-OH is 1. The van der Waals surface area contributed by atoms with Crippen LogP contribution in [0.5, 0.6) is 0 Å². The SMILES string of the molecule is Cc1ncn(-c2ccc(Nc3nccc(-c4cncc(N5CCC(O)CC5)c4)n3)cc2)n1.O=C(O)C(F)(F)F. The van der Waals surface area contributed by atoms with Gasteiger partial charge in [-0.2, -0.15) is 18.3 Å². The Morgan fingerprint density at radius 1 is 1.05 bits per heavy atom. The summed E-state index contributed by atoms with van der Waals surface area (Å²) in [6.07, 6.45) is 3.37. The number of nitrogens with one attached hydrogen (secondary N) is 1. The van der Waals surface area contributed by atoms with Crippen molar-refractivity contribution < 1.29 is 28.2 Å². The van der Waals surface area contributed by atoms with Crippen molar-refractivity contribution in [2.45, 2.75) is 32.0 Å². The number of halogens is 3. The number of alkyl halides is 3. The van der Waals surface area contributed by atoms with E-state index in [4.69, 9.17) is 9.90 Å². The van der Waals surface area contributed by atoms with E-state index in [-0.39, 0.29) is 6.10 Å². The van der Waals surface area contributed by atoms with Gasteiger partial charge in [-0.1, -0.05) is 0 Å². The molecule has 1 aliphatic rings. The second-order valence-corrected chi connectivity index (χ2v) is 8.63. The standard InChI is InChI=1S/C23H24N8O.C2HF3O2/c1-16-26-15-31(29-16)19-4-2-18(3-5-19)27-23-25-9-6-22(28-23)17-12-20(14-24-13-17)30-10-7-21(32)8-11-30;3-2(4,5)1(6)7/h2-6,9,12-15,21,32H,7-8,10-11H2,1H3,(H,25,27,28);(H,6,7). The van der Waals surface area contributed by atoms with Crippen molar-refractivity contribution in [1.82, 2.24) is 29.7 Å². The number of carboxylic acids is 1. The van der Waals surface area contributed by atoms with Crippen LogP contribution in [0.25, 0.3) is 16.9 Å². The minimum atomic E-state index is -5.08. The first kappa shape index (κ1) is 27.4. The van der Waals surface area contributed by atoms with Crippen molar-refractivity contribution in [3.05, 3.63) is 67.1 Å². The van der Waals surface area contributed by atoms with Gasteiger partial charge in [-0.25, -0.2) is 24.4 Å². The van der Waals surface area contributed by atoms with Crippen molar-refractivity contribution in [2.75, 3.05) is 23.3 Å². The third-order valence-electron chi connectivity index (χ3n) is 5.74. The number of benzene rings is 1. The highest BCUT2D eigenvalue weighted by atomic mass is 19.4.